The van der Waals surface area contributed by atoms with E-state index < -0.39 is 4.92 Å². The van der Waals surface area contributed by atoms with Crippen molar-refractivity contribution in [1.29, 1.82) is 0 Å². The first-order chi connectivity index (χ1) is 11.9. The summed E-state index contributed by atoms with van der Waals surface area (Å²) >= 11 is 11.8. The van der Waals surface area contributed by atoms with Crippen LogP contribution in [-0.4, -0.2) is 16.5 Å². The van der Waals surface area contributed by atoms with Crippen molar-refractivity contribution in [3.63, 3.8) is 0 Å². The normalized spacial score (nSPS) is 15.6. The molecular formula is C17H11Cl2N3O3. The molecule has 25 heavy (non-hydrogen) atoms. The van der Waals surface area contributed by atoms with Crippen molar-refractivity contribution in [2.24, 2.45) is 5.10 Å². The molecule has 0 aliphatic carbocycles. The van der Waals surface area contributed by atoms with Crippen molar-refractivity contribution in [2.45, 2.75) is 6.92 Å². The Bertz CT molecular complexity index is 954. The van der Waals surface area contributed by atoms with Gasteiger partial charge in [-0.1, -0.05) is 35.3 Å². The van der Waals surface area contributed by atoms with Crippen LogP contribution >= 0.6 is 23.2 Å². The van der Waals surface area contributed by atoms with Gasteiger partial charge in [-0.3, -0.25) is 14.9 Å². The molecule has 0 unspecified atom stereocenters. The average Bonchev–Trinajstić information content (AvgIpc) is 2.84. The quantitative estimate of drug-likeness (QED) is 0.442. The van der Waals surface area contributed by atoms with E-state index in [2.05, 4.69) is 5.10 Å². The number of carbonyl (C=O) groups is 1. The number of halogens is 2. The molecule has 2 aromatic carbocycles. The maximum absolute atomic E-state index is 12.7. The third kappa shape index (κ3) is 3.40. The molecule has 1 aliphatic heterocycles. The van der Waals surface area contributed by atoms with E-state index in [-0.39, 0.29) is 16.6 Å². The Balaban J connectivity index is 1.98. The number of rotatable bonds is 3. The van der Waals surface area contributed by atoms with Gasteiger partial charge in [0.2, 0.25) is 0 Å². The van der Waals surface area contributed by atoms with Crippen molar-refractivity contribution in [3.05, 3.63) is 73.8 Å². The number of nitro benzene ring substituents is 1. The predicted molar refractivity (Wildman–Crippen MR) is 98.1 cm³/mol. The molecule has 1 heterocycles. The zero-order chi connectivity index (χ0) is 18.1. The van der Waals surface area contributed by atoms with Gasteiger partial charge in [0.25, 0.3) is 11.6 Å². The summed E-state index contributed by atoms with van der Waals surface area (Å²) in [5, 5.41) is 17.0. The molecule has 0 radical (unpaired) electrons. The summed E-state index contributed by atoms with van der Waals surface area (Å²) in [5.74, 6) is -0.336. The van der Waals surface area contributed by atoms with Crippen molar-refractivity contribution >= 4 is 52.3 Å². The van der Waals surface area contributed by atoms with Gasteiger partial charge in [-0.15, -0.1) is 0 Å². The number of nitrogens with zero attached hydrogens (tertiary/aromatic N) is 3. The maximum atomic E-state index is 12.7. The summed E-state index contributed by atoms with van der Waals surface area (Å²) < 4.78 is 0. The highest BCUT2D eigenvalue weighted by molar-refractivity contribution is 6.34. The minimum atomic E-state index is -0.569. The number of carbonyl (C=O) groups excluding carboxylic acids is 1. The fraction of sp³-hybridized carbons (Fsp3) is 0.0588. The second kappa shape index (κ2) is 6.66. The van der Waals surface area contributed by atoms with Crippen molar-refractivity contribution < 1.29 is 9.72 Å². The molecule has 2 aromatic rings. The second-order valence-electron chi connectivity index (χ2n) is 5.31. The van der Waals surface area contributed by atoms with Crippen LogP contribution in [-0.2, 0) is 4.79 Å². The van der Waals surface area contributed by atoms with Crippen LogP contribution in [0.5, 0.6) is 0 Å². The molecule has 0 bridgehead atoms. The Morgan fingerprint density at radius 3 is 2.64 bits per heavy atom. The number of anilines is 1. The predicted octanol–water partition coefficient (Wildman–Crippen LogP) is 4.71. The Morgan fingerprint density at radius 1 is 1.20 bits per heavy atom. The lowest BCUT2D eigenvalue weighted by Gasteiger charge is -2.11. The van der Waals surface area contributed by atoms with Crippen LogP contribution in [0.3, 0.4) is 0 Å². The highest BCUT2D eigenvalue weighted by atomic mass is 35.5. The van der Waals surface area contributed by atoms with Crippen LogP contribution in [0.4, 0.5) is 11.4 Å². The van der Waals surface area contributed by atoms with E-state index in [0.29, 0.717) is 27.6 Å². The fourth-order valence-electron chi connectivity index (χ4n) is 2.39. The molecule has 0 aromatic heterocycles. The van der Waals surface area contributed by atoms with E-state index in [4.69, 9.17) is 23.2 Å². The molecule has 0 saturated carbocycles. The van der Waals surface area contributed by atoms with E-state index in [9.17, 15) is 14.9 Å². The number of amides is 1. The van der Waals surface area contributed by atoms with Crippen molar-refractivity contribution in [2.75, 3.05) is 5.01 Å². The zero-order valence-electron chi connectivity index (χ0n) is 12.9. The third-order valence-electron chi connectivity index (χ3n) is 3.59. The van der Waals surface area contributed by atoms with Crippen LogP contribution in [0.2, 0.25) is 10.0 Å². The van der Waals surface area contributed by atoms with Gasteiger partial charge in [0.1, 0.15) is 5.02 Å². The highest BCUT2D eigenvalue weighted by Gasteiger charge is 2.29. The summed E-state index contributed by atoms with van der Waals surface area (Å²) in [4.78, 5) is 23.1. The van der Waals surface area contributed by atoms with Gasteiger partial charge in [0.15, 0.2) is 0 Å². The summed E-state index contributed by atoms with van der Waals surface area (Å²) in [6.45, 7) is 1.69. The molecule has 0 N–H and O–H groups in total. The first-order valence-corrected chi connectivity index (χ1v) is 7.93. The standard InChI is InChI=1S/C17H11Cl2N3O3/c1-10-14(7-11-5-6-15(19)16(8-11)22(24)25)17(23)21(20-10)13-4-2-3-12(18)9-13/h2-9H,1H3/b14-7+. The topological polar surface area (TPSA) is 75.8 Å². The maximum Gasteiger partial charge on any atom is 0.288 e. The molecule has 8 heteroatoms. The molecule has 1 aliphatic rings. The molecule has 3 rings (SSSR count). The smallest absolute Gasteiger partial charge is 0.267 e. The van der Waals surface area contributed by atoms with Gasteiger partial charge in [-0.05, 0) is 42.8 Å². The van der Waals surface area contributed by atoms with Gasteiger partial charge in [-0.2, -0.15) is 10.1 Å². The summed E-state index contributed by atoms with van der Waals surface area (Å²) in [5.41, 5.74) is 1.66. The Labute approximate surface area is 153 Å². The second-order valence-corrected chi connectivity index (χ2v) is 6.15. The van der Waals surface area contributed by atoms with E-state index in [0.717, 1.165) is 0 Å². The van der Waals surface area contributed by atoms with Crippen LogP contribution in [0.15, 0.2) is 53.1 Å². The molecule has 0 atom stereocenters. The lowest BCUT2D eigenvalue weighted by atomic mass is 10.1. The van der Waals surface area contributed by atoms with Gasteiger partial charge in [0, 0.05) is 11.1 Å². The van der Waals surface area contributed by atoms with Crippen LogP contribution in [0.1, 0.15) is 12.5 Å². The van der Waals surface area contributed by atoms with Crippen molar-refractivity contribution in [3.8, 4) is 0 Å². The number of nitro groups is 1. The molecule has 0 spiro atoms. The van der Waals surface area contributed by atoms with Gasteiger partial charge in [0.05, 0.1) is 21.9 Å². The Hall–Kier alpha value is -2.70. The summed E-state index contributed by atoms with van der Waals surface area (Å²) in [7, 11) is 0. The summed E-state index contributed by atoms with van der Waals surface area (Å²) in [6.07, 6.45) is 1.55. The SMILES string of the molecule is CC1=NN(c2cccc(Cl)c2)C(=O)/C1=C/c1ccc(Cl)c([N+](=O)[O-])c1. The van der Waals surface area contributed by atoms with E-state index in [1.807, 2.05) is 0 Å². The number of hydrazone groups is 1. The van der Waals surface area contributed by atoms with Crippen LogP contribution in [0, 0.1) is 10.1 Å². The molecule has 126 valence electrons. The van der Waals surface area contributed by atoms with Crippen LogP contribution in [0.25, 0.3) is 6.08 Å². The van der Waals surface area contributed by atoms with Gasteiger partial charge >= 0.3 is 0 Å². The Kier molecular flexibility index (Phi) is 4.57. The van der Waals surface area contributed by atoms with Crippen LogP contribution < -0.4 is 5.01 Å². The number of hydrogen-bond acceptors (Lipinski definition) is 4. The lowest BCUT2D eigenvalue weighted by molar-refractivity contribution is -0.384. The molecular weight excluding hydrogens is 365 g/mol. The van der Waals surface area contributed by atoms with E-state index in [1.54, 1.807) is 43.3 Å². The first kappa shape index (κ1) is 17.1. The number of hydrogen-bond donors (Lipinski definition) is 0. The fourth-order valence-corrected chi connectivity index (χ4v) is 2.76. The Morgan fingerprint density at radius 2 is 1.96 bits per heavy atom. The zero-order valence-corrected chi connectivity index (χ0v) is 14.5. The third-order valence-corrected chi connectivity index (χ3v) is 4.15. The monoisotopic (exact) mass is 375 g/mol. The average molecular weight is 376 g/mol. The largest absolute Gasteiger partial charge is 0.288 e. The highest BCUT2D eigenvalue weighted by Crippen LogP contribution is 2.29. The lowest BCUT2D eigenvalue weighted by Crippen LogP contribution is -2.21. The molecule has 6 nitrogen and oxygen atoms in total. The first-order valence-electron chi connectivity index (χ1n) is 7.18. The van der Waals surface area contributed by atoms with E-state index >= 15 is 0 Å². The molecule has 0 saturated heterocycles. The minimum Gasteiger partial charge on any atom is -0.267 e. The molecule has 1 amide bonds. The van der Waals surface area contributed by atoms with Crippen molar-refractivity contribution in [1.82, 2.24) is 0 Å². The molecule has 0 fully saturated rings. The summed E-state index contributed by atoms with van der Waals surface area (Å²) in [6, 6.07) is 11.1. The van der Waals surface area contributed by atoms with E-state index in [1.165, 1.54) is 17.1 Å². The minimum absolute atomic E-state index is 0.0378. The van der Waals surface area contributed by atoms with Gasteiger partial charge in [-0.25, -0.2) is 0 Å². The van der Waals surface area contributed by atoms with Gasteiger partial charge < -0.3 is 0 Å². The number of benzene rings is 2.